The van der Waals surface area contributed by atoms with Crippen LogP contribution in [0.1, 0.15) is 31.4 Å². The summed E-state index contributed by atoms with van der Waals surface area (Å²) < 4.78 is 0. The van der Waals surface area contributed by atoms with E-state index < -0.39 is 0 Å². The van der Waals surface area contributed by atoms with Gasteiger partial charge in [0.1, 0.15) is 0 Å². The molecule has 4 nitrogen and oxygen atoms in total. The summed E-state index contributed by atoms with van der Waals surface area (Å²) in [6, 6.07) is 6.25. The van der Waals surface area contributed by atoms with Crippen LogP contribution in [0, 0.1) is 6.92 Å². The van der Waals surface area contributed by atoms with E-state index in [9.17, 15) is 4.79 Å². The van der Waals surface area contributed by atoms with Crippen LogP contribution >= 0.6 is 0 Å². The Kier molecular flexibility index (Phi) is 7.55. The lowest BCUT2D eigenvalue weighted by Crippen LogP contribution is -2.40. The number of aryl methyl sites for hydroxylation is 2. The minimum Gasteiger partial charge on any atom is -0.382 e. The third-order valence-electron chi connectivity index (χ3n) is 3.74. The second-order valence-corrected chi connectivity index (χ2v) is 6.08. The number of hydrogen-bond donors (Lipinski definition) is 3. The van der Waals surface area contributed by atoms with Gasteiger partial charge < -0.3 is 16.4 Å². The molecule has 4 N–H and O–H groups in total. The van der Waals surface area contributed by atoms with Crippen molar-refractivity contribution in [2.45, 2.75) is 39.7 Å². The van der Waals surface area contributed by atoms with Gasteiger partial charge in [-0.2, -0.15) is 0 Å². The van der Waals surface area contributed by atoms with E-state index in [1.54, 1.807) is 6.92 Å². The Labute approximate surface area is 139 Å². The fraction of sp³-hybridized carbons (Fsp3) is 0.421. The molecule has 1 rings (SSSR count). The van der Waals surface area contributed by atoms with Crippen LogP contribution in [0.3, 0.4) is 0 Å². The summed E-state index contributed by atoms with van der Waals surface area (Å²) in [6.07, 6.45) is 2.00. The zero-order valence-corrected chi connectivity index (χ0v) is 14.5. The predicted molar refractivity (Wildman–Crippen MR) is 98.6 cm³/mol. The van der Waals surface area contributed by atoms with E-state index in [4.69, 9.17) is 5.73 Å². The molecule has 4 heteroatoms. The number of carbonyl (C=O) groups is 1. The quantitative estimate of drug-likeness (QED) is 0.485. The van der Waals surface area contributed by atoms with E-state index >= 15 is 0 Å². The largest absolute Gasteiger partial charge is 0.382 e. The van der Waals surface area contributed by atoms with Gasteiger partial charge in [-0.1, -0.05) is 30.9 Å². The first kappa shape index (κ1) is 19.0. The smallest absolute Gasteiger partial charge is 0.246 e. The van der Waals surface area contributed by atoms with E-state index in [0.717, 1.165) is 24.1 Å². The summed E-state index contributed by atoms with van der Waals surface area (Å²) in [5.41, 5.74) is 10.5. The summed E-state index contributed by atoms with van der Waals surface area (Å²) in [5, 5.41) is 6.32. The van der Waals surface area contributed by atoms with E-state index in [0.29, 0.717) is 18.7 Å². The second kappa shape index (κ2) is 9.16. The van der Waals surface area contributed by atoms with Crippen LogP contribution in [0.4, 0.5) is 5.69 Å². The lowest BCUT2D eigenvalue weighted by atomic mass is 10.0. The van der Waals surface area contributed by atoms with Crippen LogP contribution in [0.2, 0.25) is 0 Å². The van der Waals surface area contributed by atoms with Crippen molar-refractivity contribution in [1.29, 1.82) is 0 Å². The molecule has 0 radical (unpaired) electrons. The average molecular weight is 315 g/mol. The van der Waals surface area contributed by atoms with Gasteiger partial charge >= 0.3 is 0 Å². The highest BCUT2D eigenvalue weighted by molar-refractivity contribution is 5.92. The van der Waals surface area contributed by atoms with Crippen molar-refractivity contribution in [3.05, 3.63) is 53.6 Å². The molecule has 0 fully saturated rings. The Morgan fingerprint density at radius 2 is 2.00 bits per heavy atom. The molecule has 0 aliphatic heterocycles. The first-order chi connectivity index (χ1) is 10.8. The molecule has 0 saturated heterocycles. The van der Waals surface area contributed by atoms with Crippen LogP contribution in [0.5, 0.6) is 0 Å². The summed E-state index contributed by atoms with van der Waals surface area (Å²) in [6.45, 7) is 14.6. The Hall–Kier alpha value is -2.07. The number of nitrogens with one attached hydrogen (secondary N) is 2. The molecular formula is C19H29N3O. The minimum absolute atomic E-state index is 0.129. The maximum absolute atomic E-state index is 11.8. The van der Waals surface area contributed by atoms with Crippen molar-refractivity contribution in [3.63, 3.8) is 0 Å². The van der Waals surface area contributed by atoms with Crippen LogP contribution in [0.15, 0.2) is 42.5 Å². The van der Waals surface area contributed by atoms with Crippen molar-refractivity contribution in [2.24, 2.45) is 5.73 Å². The topological polar surface area (TPSA) is 67.2 Å². The van der Waals surface area contributed by atoms with E-state index in [1.807, 2.05) is 6.92 Å². The molecule has 23 heavy (non-hydrogen) atoms. The van der Waals surface area contributed by atoms with Crippen LogP contribution in [-0.4, -0.2) is 25.0 Å². The van der Waals surface area contributed by atoms with Crippen LogP contribution in [0.25, 0.3) is 0 Å². The number of anilines is 1. The van der Waals surface area contributed by atoms with Gasteiger partial charge in [0, 0.05) is 17.8 Å². The number of carbonyl (C=O) groups excluding carboxylic acids is 1. The lowest BCUT2D eigenvalue weighted by Gasteiger charge is -2.21. The van der Waals surface area contributed by atoms with Gasteiger partial charge in [-0.05, 0) is 57.4 Å². The highest BCUT2D eigenvalue weighted by atomic mass is 16.1. The van der Waals surface area contributed by atoms with Gasteiger partial charge in [0.15, 0.2) is 0 Å². The van der Waals surface area contributed by atoms with Crippen LogP contribution < -0.4 is 16.4 Å². The van der Waals surface area contributed by atoms with Crippen molar-refractivity contribution < 1.29 is 4.79 Å². The average Bonchev–Trinajstić information content (AvgIpc) is 2.49. The molecule has 0 aliphatic rings. The standard InChI is InChI=1S/C19H29N3O/c1-13(2)18(22-19(23)14(3)4)12-21-17-9-8-16(7-6-10-20)11-15(17)5/h8-9,11,18,21H,1,3,6-7,10,12,20H2,2,4-5H3,(H,22,23)/t18-/m0/s1. The number of rotatable bonds is 9. The van der Waals surface area contributed by atoms with Gasteiger partial charge in [0.05, 0.1) is 6.04 Å². The molecule has 1 atom stereocenters. The normalized spacial score (nSPS) is 11.7. The molecule has 1 aromatic carbocycles. The Bertz CT molecular complexity index is 578. The monoisotopic (exact) mass is 315 g/mol. The fourth-order valence-electron chi connectivity index (χ4n) is 2.23. The predicted octanol–water partition coefficient (Wildman–Crippen LogP) is 2.94. The first-order valence-electron chi connectivity index (χ1n) is 8.00. The summed E-state index contributed by atoms with van der Waals surface area (Å²) >= 11 is 0. The molecule has 0 aliphatic carbocycles. The van der Waals surface area contributed by atoms with E-state index in [1.165, 1.54) is 11.1 Å². The second-order valence-electron chi connectivity index (χ2n) is 6.08. The van der Waals surface area contributed by atoms with Gasteiger partial charge in [0.25, 0.3) is 0 Å². The van der Waals surface area contributed by atoms with Gasteiger partial charge in [0.2, 0.25) is 5.91 Å². The molecular weight excluding hydrogens is 286 g/mol. The van der Waals surface area contributed by atoms with Gasteiger partial charge in [-0.15, -0.1) is 0 Å². The minimum atomic E-state index is -0.145. The Morgan fingerprint density at radius 1 is 1.30 bits per heavy atom. The van der Waals surface area contributed by atoms with Gasteiger partial charge in [-0.25, -0.2) is 0 Å². The van der Waals surface area contributed by atoms with Crippen molar-refractivity contribution in [2.75, 3.05) is 18.4 Å². The summed E-state index contributed by atoms with van der Waals surface area (Å²) in [5.74, 6) is -0.145. The molecule has 0 aromatic heterocycles. The number of amides is 1. The number of nitrogens with two attached hydrogens (primary N) is 1. The molecule has 0 heterocycles. The Balaban J connectivity index is 2.68. The molecule has 0 unspecified atom stereocenters. The molecule has 0 bridgehead atoms. The summed E-state index contributed by atoms with van der Waals surface area (Å²) in [7, 11) is 0. The lowest BCUT2D eigenvalue weighted by molar-refractivity contribution is -0.117. The first-order valence-corrected chi connectivity index (χ1v) is 8.00. The fourth-order valence-corrected chi connectivity index (χ4v) is 2.23. The van der Waals surface area contributed by atoms with E-state index in [-0.39, 0.29) is 11.9 Å². The van der Waals surface area contributed by atoms with E-state index in [2.05, 4.69) is 48.9 Å². The third kappa shape index (κ3) is 6.28. The molecule has 0 saturated carbocycles. The summed E-state index contributed by atoms with van der Waals surface area (Å²) in [4.78, 5) is 11.8. The zero-order valence-electron chi connectivity index (χ0n) is 14.5. The van der Waals surface area contributed by atoms with Gasteiger partial charge in [-0.3, -0.25) is 4.79 Å². The highest BCUT2D eigenvalue weighted by Crippen LogP contribution is 2.18. The maximum Gasteiger partial charge on any atom is 0.246 e. The molecule has 1 aromatic rings. The number of benzene rings is 1. The molecule has 126 valence electrons. The SMILES string of the molecule is C=C(C)C(=O)N[C@@H](CNc1ccc(CCCN)cc1C)C(=C)C. The molecule has 1 amide bonds. The van der Waals surface area contributed by atoms with Crippen molar-refractivity contribution in [3.8, 4) is 0 Å². The third-order valence-corrected chi connectivity index (χ3v) is 3.74. The van der Waals surface area contributed by atoms with Crippen molar-refractivity contribution >= 4 is 11.6 Å². The molecule has 0 spiro atoms. The highest BCUT2D eigenvalue weighted by Gasteiger charge is 2.13. The maximum atomic E-state index is 11.8. The van der Waals surface area contributed by atoms with Crippen molar-refractivity contribution in [1.82, 2.24) is 5.32 Å². The van der Waals surface area contributed by atoms with Crippen LogP contribution in [-0.2, 0) is 11.2 Å². The number of hydrogen-bond acceptors (Lipinski definition) is 3. The Morgan fingerprint density at radius 3 is 2.52 bits per heavy atom. The zero-order chi connectivity index (χ0) is 17.4.